The molecule has 1 aromatic carbocycles. The maximum Gasteiger partial charge on any atom is 0.416 e. The van der Waals surface area contributed by atoms with Crippen molar-refractivity contribution in [1.82, 2.24) is 0 Å². The standard InChI is InChI=1S/C16H22F3NS/c1-2-12(20)9-11-7-8-14(10-15(11)16(17,18)19)21-13-5-3-4-6-13/h7-8,10,12-13H,2-6,9,20H2,1H3. The Kier molecular flexibility index (Phi) is 5.60. The highest BCUT2D eigenvalue weighted by atomic mass is 32.2. The maximum absolute atomic E-state index is 13.2. The molecule has 0 aromatic heterocycles. The first-order chi connectivity index (χ1) is 9.90. The van der Waals surface area contributed by atoms with Gasteiger partial charge in [0.15, 0.2) is 0 Å². The van der Waals surface area contributed by atoms with E-state index < -0.39 is 11.7 Å². The lowest BCUT2D eigenvalue weighted by atomic mass is 9.99. The molecule has 5 heteroatoms. The molecule has 2 N–H and O–H groups in total. The van der Waals surface area contributed by atoms with Crippen molar-refractivity contribution in [1.29, 1.82) is 0 Å². The normalized spacial score (nSPS) is 18.1. The molecule has 1 aromatic rings. The number of benzene rings is 1. The molecule has 1 aliphatic rings. The van der Waals surface area contributed by atoms with Gasteiger partial charge in [-0.3, -0.25) is 0 Å². The number of halogens is 3. The summed E-state index contributed by atoms with van der Waals surface area (Å²) in [6, 6.07) is 4.51. The van der Waals surface area contributed by atoms with E-state index in [-0.39, 0.29) is 12.5 Å². The van der Waals surface area contributed by atoms with Crippen molar-refractivity contribution in [3.8, 4) is 0 Å². The second kappa shape index (κ2) is 7.05. The molecule has 0 spiro atoms. The van der Waals surface area contributed by atoms with Crippen LogP contribution in [0, 0.1) is 0 Å². The van der Waals surface area contributed by atoms with Crippen molar-refractivity contribution < 1.29 is 13.2 Å². The highest BCUT2D eigenvalue weighted by Gasteiger charge is 2.34. The molecule has 1 unspecified atom stereocenters. The first-order valence-electron chi connectivity index (χ1n) is 7.52. The van der Waals surface area contributed by atoms with Crippen LogP contribution in [-0.4, -0.2) is 11.3 Å². The Morgan fingerprint density at radius 2 is 1.95 bits per heavy atom. The fourth-order valence-electron chi connectivity index (χ4n) is 2.70. The summed E-state index contributed by atoms with van der Waals surface area (Å²) in [5.41, 5.74) is 5.61. The van der Waals surface area contributed by atoms with Gasteiger partial charge in [-0.25, -0.2) is 0 Å². The van der Waals surface area contributed by atoms with Gasteiger partial charge in [-0.15, -0.1) is 11.8 Å². The smallest absolute Gasteiger partial charge is 0.327 e. The Morgan fingerprint density at radius 1 is 1.29 bits per heavy atom. The summed E-state index contributed by atoms with van der Waals surface area (Å²) >= 11 is 1.58. The Labute approximate surface area is 128 Å². The molecule has 1 nitrogen and oxygen atoms in total. The Hall–Kier alpha value is -0.680. The van der Waals surface area contributed by atoms with Crippen LogP contribution >= 0.6 is 11.8 Å². The summed E-state index contributed by atoms with van der Waals surface area (Å²) in [5.74, 6) is 0. The van der Waals surface area contributed by atoms with Gasteiger partial charge in [0.05, 0.1) is 5.56 Å². The van der Waals surface area contributed by atoms with Crippen molar-refractivity contribution >= 4 is 11.8 Å². The van der Waals surface area contributed by atoms with Gasteiger partial charge in [-0.2, -0.15) is 13.2 Å². The van der Waals surface area contributed by atoms with Crippen LogP contribution in [0.5, 0.6) is 0 Å². The number of hydrogen-bond donors (Lipinski definition) is 1. The summed E-state index contributed by atoms with van der Waals surface area (Å²) in [6.07, 6.45) is 1.23. The van der Waals surface area contributed by atoms with Crippen molar-refractivity contribution in [2.45, 2.75) is 67.8 Å². The summed E-state index contributed by atoms with van der Waals surface area (Å²) in [5, 5.41) is 0.467. The highest BCUT2D eigenvalue weighted by Crippen LogP contribution is 2.39. The summed E-state index contributed by atoms with van der Waals surface area (Å²) in [7, 11) is 0. The molecule has 0 saturated heterocycles. The fraction of sp³-hybridized carbons (Fsp3) is 0.625. The van der Waals surface area contributed by atoms with Crippen LogP contribution in [0.3, 0.4) is 0 Å². The van der Waals surface area contributed by atoms with Crippen LogP contribution < -0.4 is 5.73 Å². The van der Waals surface area contributed by atoms with E-state index in [4.69, 9.17) is 5.73 Å². The van der Waals surface area contributed by atoms with E-state index in [0.29, 0.717) is 17.2 Å². The van der Waals surface area contributed by atoms with Gasteiger partial charge in [0.25, 0.3) is 0 Å². The van der Waals surface area contributed by atoms with E-state index in [0.717, 1.165) is 17.7 Å². The summed E-state index contributed by atoms with van der Waals surface area (Å²) < 4.78 is 39.7. The molecule has 1 fully saturated rings. The number of rotatable bonds is 5. The highest BCUT2D eigenvalue weighted by molar-refractivity contribution is 8.00. The van der Waals surface area contributed by atoms with Crippen molar-refractivity contribution in [2.24, 2.45) is 5.73 Å². The van der Waals surface area contributed by atoms with Crippen molar-refractivity contribution in [3.63, 3.8) is 0 Å². The van der Waals surface area contributed by atoms with E-state index in [1.54, 1.807) is 17.8 Å². The van der Waals surface area contributed by atoms with Crippen LogP contribution in [0.1, 0.15) is 50.2 Å². The predicted molar refractivity (Wildman–Crippen MR) is 81.5 cm³/mol. The molecule has 2 rings (SSSR count). The van der Waals surface area contributed by atoms with Gasteiger partial charge in [-0.1, -0.05) is 25.8 Å². The summed E-state index contributed by atoms with van der Waals surface area (Å²) in [6.45, 7) is 1.89. The minimum absolute atomic E-state index is 0.223. The zero-order valence-electron chi connectivity index (χ0n) is 12.2. The first kappa shape index (κ1) is 16.7. The van der Waals surface area contributed by atoms with Gasteiger partial charge in [0.1, 0.15) is 0 Å². The van der Waals surface area contributed by atoms with Crippen LogP contribution in [0.4, 0.5) is 13.2 Å². The number of hydrogen-bond acceptors (Lipinski definition) is 2. The summed E-state index contributed by atoms with van der Waals surface area (Å²) in [4.78, 5) is 0.725. The Bertz CT molecular complexity index is 467. The lowest BCUT2D eigenvalue weighted by Crippen LogP contribution is -2.23. The molecular weight excluding hydrogens is 295 g/mol. The van der Waals surface area contributed by atoms with Crippen LogP contribution in [-0.2, 0) is 12.6 Å². The van der Waals surface area contributed by atoms with E-state index >= 15 is 0 Å². The molecule has 1 aliphatic carbocycles. The van der Waals surface area contributed by atoms with Gasteiger partial charge in [-0.05, 0) is 43.4 Å². The third kappa shape index (κ3) is 4.65. The molecule has 118 valence electrons. The van der Waals surface area contributed by atoms with Crippen molar-refractivity contribution in [3.05, 3.63) is 29.3 Å². The second-order valence-electron chi connectivity index (χ2n) is 5.71. The SMILES string of the molecule is CCC(N)Cc1ccc(SC2CCCC2)cc1C(F)(F)F. The number of alkyl halides is 3. The van der Waals surface area contributed by atoms with Gasteiger partial charge in [0.2, 0.25) is 0 Å². The van der Waals surface area contributed by atoms with Crippen LogP contribution in [0.25, 0.3) is 0 Å². The van der Waals surface area contributed by atoms with Gasteiger partial charge >= 0.3 is 6.18 Å². The zero-order valence-corrected chi connectivity index (χ0v) is 13.1. The lowest BCUT2D eigenvalue weighted by molar-refractivity contribution is -0.138. The largest absolute Gasteiger partial charge is 0.416 e. The molecule has 0 amide bonds. The lowest BCUT2D eigenvalue weighted by Gasteiger charge is -2.18. The van der Waals surface area contributed by atoms with Crippen LogP contribution in [0.2, 0.25) is 0 Å². The van der Waals surface area contributed by atoms with E-state index in [2.05, 4.69) is 0 Å². The number of thioether (sulfide) groups is 1. The minimum atomic E-state index is -4.31. The first-order valence-corrected chi connectivity index (χ1v) is 8.40. The van der Waals surface area contributed by atoms with Crippen LogP contribution in [0.15, 0.2) is 23.1 Å². The Balaban J connectivity index is 2.21. The molecular formula is C16H22F3NS. The fourth-order valence-corrected chi connectivity index (χ4v) is 3.98. The van der Waals surface area contributed by atoms with Crippen molar-refractivity contribution in [2.75, 3.05) is 0 Å². The zero-order chi connectivity index (χ0) is 15.5. The molecule has 1 saturated carbocycles. The Morgan fingerprint density at radius 3 is 2.52 bits per heavy atom. The monoisotopic (exact) mass is 317 g/mol. The van der Waals surface area contributed by atoms with Gasteiger partial charge < -0.3 is 5.73 Å². The molecule has 0 aliphatic heterocycles. The predicted octanol–water partition coefficient (Wildman–Crippen LogP) is 5.02. The average molecular weight is 317 g/mol. The second-order valence-corrected chi connectivity index (χ2v) is 7.09. The molecule has 1 atom stereocenters. The third-order valence-corrected chi connectivity index (χ3v) is 5.33. The minimum Gasteiger partial charge on any atom is -0.327 e. The molecule has 0 bridgehead atoms. The quantitative estimate of drug-likeness (QED) is 0.825. The van der Waals surface area contributed by atoms with E-state index in [9.17, 15) is 13.2 Å². The van der Waals surface area contributed by atoms with E-state index in [1.165, 1.54) is 18.9 Å². The topological polar surface area (TPSA) is 26.0 Å². The maximum atomic E-state index is 13.2. The molecule has 0 radical (unpaired) electrons. The molecule has 21 heavy (non-hydrogen) atoms. The van der Waals surface area contributed by atoms with E-state index in [1.807, 2.05) is 13.0 Å². The third-order valence-electron chi connectivity index (χ3n) is 4.00. The average Bonchev–Trinajstić information content (AvgIpc) is 2.92. The van der Waals surface area contributed by atoms with Gasteiger partial charge in [0, 0.05) is 16.2 Å². The number of nitrogens with two attached hydrogens (primary N) is 1. The molecule has 0 heterocycles.